The Bertz CT molecular complexity index is 1820. The average molecular weight is 554 g/mol. The minimum absolute atomic E-state index is 0.245. The van der Waals surface area contributed by atoms with E-state index in [0.717, 1.165) is 42.9 Å². The fourth-order valence-electron chi connectivity index (χ4n) is 5.40. The van der Waals surface area contributed by atoms with Gasteiger partial charge in [-0.05, 0) is 51.2 Å². The maximum atomic E-state index is 13.4. The molecule has 6 rings (SSSR count). The number of nitrogens with one attached hydrogen (secondary N) is 1. The molecule has 0 bridgehead atoms. The molecule has 1 aromatic carbocycles. The molecule has 212 valence electrons. The highest BCUT2D eigenvalue weighted by Gasteiger charge is 2.23. The third-order valence-electron chi connectivity index (χ3n) is 7.61. The van der Waals surface area contributed by atoms with Crippen LogP contribution in [0, 0.1) is 0 Å². The molecule has 1 aliphatic rings. The summed E-state index contributed by atoms with van der Waals surface area (Å²) in [6.45, 7) is 11.3. The van der Waals surface area contributed by atoms with E-state index in [4.69, 9.17) is 4.98 Å². The highest BCUT2D eigenvalue weighted by molar-refractivity contribution is 5.96. The highest BCUT2D eigenvalue weighted by Crippen LogP contribution is 2.33. The number of hydrogen-bond acceptors (Lipinski definition) is 8. The molecule has 1 fully saturated rings. The predicted molar refractivity (Wildman–Crippen MR) is 162 cm³/mol. The zero-order chi connectivity index (χ0) is 28.9. The summed E-state index contributed by atoms with van der Waals surface area (Å²) >= 11 is 0. The summed E-state index contributed by atoms with van der Waals surface area (Å²) in [6.07, 6.45) is 5.27. The first-order valence-electron chi connectivity index (χ1n) is 13.7. The average Bonchev–Trinajstić information content (AvgIpc) is 3.45. The lowest BCUT2D eigenvalue weighted by Gasteiger charge is -2.34. The first kappa shape index (κ1) is 26.7. The van der Waals surface area contributed by atoms with Crippen LogP contribution in [0.4, 0.5) is 17.3 Å². The SMILES string of the molecule is C=CCn1c(=O)c2cnc(Nc3cc(N4CCN(C)CC4)c4c(ccn4C)c3)nc2n1-c1cccc(C(C)(C)O)n1. The molecule has 0 saturated carbocycles. The van der Waals surface area contributed by atoms with E-state index in [-0.39, 0.29) is 12.1 Å². The van der Waals surface area contributed by atoms with Gasteiger partial charge in [0.25, 0.3) is 5.56 Å². The summed E-state index contributed by atoms with van der Waals surface area (Å²) in [7, 11) is 4.22. The number of aromatic nitrogens is 6. The van der Waals surface area contributed by atoms with Crippen LogP contribution in [0.2, 0.25) is 0 Å². The minimum atomic E-state index is -1.15. The molecule has 11 heteroatoms. The van der Waals surface area contributed by atoms with Gasteiger partial charge in [-0.2, -0.15) is 4.98 Å². The molecular formula is C30H35N9O2. The standard InChI is InChI=1S/C30H35N9O2/c1-6-11-38-28(40)22-19-31-29(34-27(22)39(38)25-9-7-8-24(33-25)30(2,3)41)32-21-17-20-10-12-36(5)26(20)23(18-21)37-15-13-35(4)14-16-37/h6-10,12,17-19,41H,1,11,13-16H2,2-5H3,(H,31,32,34). The Morgan fingerprint density at radius 1 is 1.10 bits per heavy atom. The van der Waals surface area contributed by atoms with Gasteiger partial charge in [-0.25, -0.2) is 19.3 Å². The van der Waals surface area contributed by atoms with Crippen molar-refractivity contribution in [3.05, 3.63) is 77.5 Å². The largest absolute Gasteiger partial charge is 0.384 e. The Kier molecular flexibility index (Phi) is 6.63. The molecule has 0 amide bonds. The number of aryl methyl sites for hydroxylation is 1. The minimum Gasteiger partial charge on any atom is -0.384 e. The zero-order valence-corrected chi connectivity index (χ0v) is 23.9. The first-order chi connectivity index (χ1) is 19.6. The molecule has 0 atom stereocenters. The lowest BCUT2D eigenvalue weighted by Crippen LogP contribution is -2.44. The second kappa shape index (κ2) is 10.2. The second-order valence-electron chi connectivity index (χ2n) is 11.1. The van der Waals surface area contributed by atoms with Gasteiger partial charge >= 0.3 is 0 Å². The Hall–Kier alpha value is -4.48. The summed E-state index contributed by atoms with van der Waals surface area (Å²) in [5.74, 6) is 0.825. The van der Waals surface area contributed by atoms with Gasteiger partial charge in [-0.3, -0.25) is 4.79 Å². The van der Waals surface area contributed by atoms with Crippen LogP contribution in [0.1, 0.15) is 19.5 Å². The second-order valence-corrected chi connectivity index (χ2v) is 11.1. The topological polar surface area (TPSA) is 109 Å². The van der Waals surface area contributed by atoms with Gasteiger partial charge < -0.3 is 24.8 Å². The molecule has 1 saturated heterocycles. The van der Waals surface area contributed by atoms with Crippen LogP contribution in [0.3, 0.4) is 0 Å². The van der Waals surface area contributed by atoms with Crippen molar-refractivity contribution in [1.82, 2.24) is 33.8 Å². The summed E-state index contributed by atoms with van der Waals surface area (Å²) in [5.41, 5.74) is 2.70. The van der Waals surface area contributed by atoms with Gasteiger partial charge in [0.2, 0.25) is 5.95 Å². The molecule has 4 aromatic heterocycles. The molecule has 2 N–H and O–H groups in total. The number of aliphatic hydroxyl groups is 1. The summed E-state index contributed by atoms with van der Waals surface area (Å²) in [6, 6.07) is 11.7. The van der Waals surface area contributed by atoms with Gasteiger partial charge in [0.05, 0.1) is 23.4 Å². The van der Waals surface area contributed by atoms with Crippen LogP contribution < -0.4 is 15.8 Å². The lowest BCUT2D eigenvalue weighted by atomic mass is 10.1. The molecule has 0 unspecified atom stereocenters. The molecule has 1 aliphatic heterocycles. The molecule has 5 heterocycles. The van der Waals surface area contributed by atoms with Gasteiger partial charge in [-0.1, -0.05) is 12.1 Å². The van der Waals surface area contributed by atoms with Crippen molar-refractivity contribution in [2.45, 2.75) is 26.0 Å². The highest BCUT2D eigenvalue weighted by atomic mass is 16.3. The number of pyridine rings is 1. The number of benzene rings is 1. The van der Waals surface area contributed by atoms with Crippen LogP contribution in [-0.4, -0.2) is 72.1 Å². The van der Waals surface area contributed by atoms with Crippen molar-refractivity contribution in [2.75, 3.05) is 43.4 Å². The van der Waals surface area contributed by atoms with Crippen molar-refractivity contribution in [3.63, 3.8) is 0 Å². The number of fused-ring (bicyclic) bond motifs is 2. The van der Waals surface area contributed by atoms with Crippen molar-refractivity contribution < 1.29 is 5.11 Å². The summed E-state index contributed by atoms with van der Waals surface area (Å²) < 4.78 is 5.34. The quantitative estimate of drug-likeness (QED) is 0.295. The molecular weight excluding hydrogens is 518 g/mol. The van der Waals surface area contributed by atoms with Crippen LogP contribution in [0.25, 0.3) is 27.8 Å². The van der Waals surface area contributed by atoms with E-state index in [1.54, 1.807) is 49.0 Å². The zero-order valence-electron chi connectivity index (χ0n) is 23.9. The van der Waals surface area contributed by atoms with E-state index in [1.807, 2.05) is 0 Å². The van der Waals surface area contributed by atoms with Crippen LogP contribution in [0.15, 0.2) is 66.2 Å². The predicted octanol–water partition coefficient (Wildman–Crippen LogP) is 3.38. The van der Waals surface area contributed by atoms with Crippen molar-refractivity contribution in [2.24, 2.45) is 7.05 Å². The molecule has 0 aliphatic carbocycles. The van der Waals surface area contributed by atoms with Crippen LogP contribution >= 0.6 is 0 Å². The van der Waals surface area contributed by atoms with Crippen LogP contribution in [-0.2, 0) is 19.2 Å². The fraction of sp³-hybridized carbons (Fsp3) is 0.333. The van der Waals surface area contributed by atoms with Crippen LogP contribution in [0.5, 0.6) is 0 Å². The van der Waals surface area contributed by atoms with Gasteiger partial charge in [0.15, 0.2) is 11.5 Å². The summed E-state index contributed by atoms with van der Waals surface area (Å²) in [4.78, 5) is 32.1. The number of piperazine rings is 1. The normalized spacial score (nSPS) is 14.7. The Labute approximate surface area is 238 Å². The van der Waals surface area contributed by atoms with E-state index in [9.17, 15) is 9.90 Å². The van der Waals surface area contributed by atoms with Gasteiger partial charge in [0.1, 0.15) is 11.0 Å². The van der Waals surface area contributed by atoms with E-state index < -0.39 is 5.60 Å². The van der Waals surface area contributed by atoms with Gasteiger partial charge in [0, 0.05) is 56.7 Å². The lowest BCUT2D eigenvalue weighted by molar-refractivity contribution is 0.0738. The van der Waals surface area contributed by atoms with E-state index in [1.165, 1.54) is 10.2 Å². The number of anilines is 3. The molecule has 0 radical (unpaired) electrons. The fourth-order valence-corrected chi connectivity index (χ4v) is 5.40. The first-order valence-corrected chi connectivity index (χ1v) is 13.7. The third-order valence-corrected chi connectivity index (χ3v) is 7.61. The third kappa shape index (κ3) is 4.87. The molecule has 5 aromatic rings. The van der Waals surface area contributed by atoms with Crippen molar-refractivity contribution >= 4 is 39.3 Å². The molecule has 0 spiro atoms. The monoisotopic (exact) mass is 553 g/mol. The summed E-state index contributed by atoms with van der Waals surface area (Å²) in [5, 5.41) is 15.4. The maximum Gasteiger partial charge on any atom is 0.278 e. The smallest absolute Gasteiger partial charge is 0.278 e. The van der Waals surface area contributed by atoms with E-state index >= 15 is 0 Å². The van der Waals surface area contributed by atoms with Crippen molar-refractivity contribution in [3.8, 4) is 5.82 Å². The van der Waals surface area contributed by atoms with E-state index in [2.05, 4.69) is 74.7 Å². The Balaban J connectivity index is 1.45. The van der Waals surface area contributed by atoms with Crippen molar-refractivity contribution in [1.29, 1.82) is 0 Å². The number of nitrogens with zero attached hydrogens (tertiary/aromatic N) is 8. The number of allylic oxidation sites excluding steroid dienone is 1. The molecule has 11 nitrogen and oxygen atoms in total. The number of likely N-dealkylation sites (N-methyl/N-ethyl adjacent to an activating group) is 1. The Morgan fingerprint density at radius 3 is 2.61 bits per heavy atom. The number of hydrogen-bond donors (Lipinski definition) is 2. The van der Waals surface area contributed by atoms with Gasteiger partial charge in [-0.15, -0.1) is 6.58 Å². The molecule has 41 heavy (non-hydrogen) atoms. The number of rotatable bonds is 7. The Morgan fingerprint density at radius 2 is 1.88 bits per heavy atom. The van der Waals surface area contributed by atoms with E-state index in [0.29, 0.717) is 28.5 Å². The maximum absolute atomic E-state index is 13.4.